The van der Waals surface area contributed by atoms with E-state index in [1.807, 2.05) is 41.8 Å². The number of rotatable bonds is 3. The summed E-state index contributed by atoms with van der Waals surface area (Å²) < 4.78 is 13.6. The second-order valence-corrected chi connectivity index (χ2v) is 5.74. The molecule has 1 heterocycles. The molecule has 1 unspecified atom stereocenters. The highest BCUT2D eigenvalue weighted by molar-refractivity contribution is 7.10. The van der Waals surface area contributed by atoms with Crippen molar-refractivity contribution in [1.29, 1.82) is 0 Å². The Bertz CT molecular complexity index is 754. The number of aryl methyl sites for hydroxylation is 1. The van der Waals surface area contributed by atoms with Gasteiger partial charge < -0.3 is 5.11 Å². The summed E-state index contributed by atoms with van der Waals surface area (Å²) in [6, 6.07) is 14.4. The van der Waals surface area contributed by atoms with Gasteiger partial charge in [-0.05, 0) is 24.1 Å². The zero-order chi connectivity index (χ0) is 14.8. The van der Waals surface area contributed by atoms with Crippen LogP contribution in [0.15, 0.2) is 53.9 Å². The van der Waals surface area contributed by atoms with Crippen LogP contribution >= 0.6 is 11.3 Å². The fraction of sp³-hybridized carbons (Fsp3) is 0.118. The van der Waals surface area contributed by atoms with Gasteiger partial charge in [0.2, 0.25) is 0 Å². The van der Waals surface area contributed by atoms with E-state index in [1.165, 1.54) is 17.4 Å². The maximum Gasteiger partial charge on any atom is 0.131 e. The predicted octanol–water partition coefficient (Wildman–Crippen LogP) is 4.34. The minimum Gasteiger partial charge on any atom is -0.381 e. The summed E-state index contributed by atoms with van der Waals surface area (Å²) in [4.78, 5) is 4.43. The summed E-state index contributed by atoms with van der Waals surface area (Å²) in [5, 5.41) is 12.8. The highest BCUT2D eigenvalue weighted by Crippen LogP contribution is 2.29. The number of nitrogens with zero attached hydrogens (tertiary/aromatic N) is 1. The number of aliphatic hydroxyl groups excluding tert-OH is 1. The molecule has 0 radical (unpaired) electrons. The topological polar surface area (TPSA) is 33.1 Å². The molecule has 106 valence electrons. The Kier molecular flexibility index (Phi) is 3.82. The van der Waals surface area contributed by atoms with Gasteiger partial charge in [0.1, 0.15) is 16.9 Å². The van der Waals surface area contributed by atoms with E-state index in [-0.39, 0.29) is 5.82 Å². The molecular weight excluding hydrogens is 285 g/mol. The predicted molar refractivity (Wildman–Crippen MR) is 82.7 cm³/mol. The molecule has 4 heteroatoms. The van der Waals surface area contributed by atoms with Gasteiger partial charge in [-0.2, -0.15) is 0 Å². The lowest BCUT2D eigenvalue weighted by atomic mass is 10.1. The molecule has 0 fully saturated rings. The van der Waals surface area contributed by atoms with E-state index in [2.05, 4.69) is 4.98 Å². The number of aromatic nitrogens is 1. The molecule has 1 N–H and O–H groups in total. The van der Waals surface area contributed by atoms with Gasteiger partial charge in [0.05, 0.1) is 5.69 Å². The Morgan fingerprint density at radius 2 is 1.90 bits per heavy atom. The Balaban J connectivity index is 1.91. The number of hydrogen-bond acceptors (Lipinski definition) is 3. The van der Waals surface area contributed by atoms with Crippen molar-refractivity contribution in [2.45, 2.75) is 13.0 Å². The molecule has 0 spiro atoms. The van der Waals surface area contributed by atoms with E-state index in [9.17, 15) is 9.50 Å². The van der Waals surface area contributed by atoms with Crippen molar-refractivity contribution in [2.75, 3.05) is 0 Å². The third kappa shape index (κ3) is 2.86. The largest absolute Gasteiger partial charge is 0.381 e. The Morgan fingerprint density at radius 3 is 2.62 bits per heavy atom. The van der Waals surface area contributed by atoms with Crippen LogP contribution in [0, 0.1) is 12.7 Å². The maximum absolute atomic E-state index is 13.6. The van der Waals surface area contributed by atoms with Crippen LogP contribution in [-0.4, -0.2) is 10.1 Å². The summed E-state index contributed by atoms with van der Waals surface area (Å²) in [5.41, 5.74) is 2.82. The highest BCUT2D eigenvalue weighted by atomic mass is 32.1. The van der Waals surface area contributed by atoms with E-state index < -0.39 is 6.10 Å². The van der Waals surface area contributed by atoms with Crippen LogP contribution in [0.4, 0.5) is 4.39 Å². The van der Waals surface area contributed by atoms with Crippen LogP contribution in [0.1, 0.15) is 22.2 Å². The maximum atomic E-state index is 13.6. The number of hydrogen-bond donors (Lipinski definition) is 1. The molecule has 2 aromatic carbocycles. The zero-order valence-electron chi connectivity index (χ0n) is 11.5. The molecule has 0 amide bonds. The third-order valence-corrected chi connectivity index (χ3v) is 4.24. The van der Waals surface area contributed by atoms with E-state index in [1.54, 1.807) is 13.0 Å². The molecule has 3 aromatic rings. The molecule has 1 atom stereocenters. The lowest BCUT2D eigenvalue weighted by Crippen LogP contribution is -1.98. The quantitative estimate of drug-likeness (QED) is 0.780. The first-order valence-corrected chi connectivity index (χ1v) is 7.48. The van der Waals surface area contributed by atoms with Crippen molar-refractivity contribution in [3.05, 3.63) is 75.9 Å². The van der Waals surface area contributed by atoms with Gasteiger partial charge in [0.15, 0.2) is 0 Å². The Hall–Kier alpha value is -2.04. The van der Waals surface area contributed by atoms with Crippen LogP contribution in [0.5, 0.6) is 0 Å². The van der Waals surface area contributed by atoms with Crippen LogP contribution in [0.2, 0.25) is 0 Å². The summed E-state index contributed by atoms with van der Waals surface area (Å²) in [6.45, 7) is 1.73. The SMILES string of the molecule is Cc1ccc(-c2csc(C(O)c3ccccc3)n2)cc1F. The first kappa shape index (κ1) is 13.9. The molecule has 0 saturated heterocycles. The van der Waals surface area contributed by atoms with E-state index in [0.29, 0.717) is 16.3 Å². The second kappa shape index (κ2) is 5.76. The third-order valence-electron chi connectivity index (χ3n) is 3.34. The fourth-order valence-electron chi connectivity index (χ4n) is 2.08. The van der Waals surface area contributed by atoms with Crippen molar-refractivity contribution < 1.29 is 9.50 Å². The van der Waals surface area contributed by atoms with Gasteiger partial charge in [-0.3, -0.25) is 0 Å². The number of halogens is 1. The number of aliphatic hydroxyl groups is 1. The van der Waals surface area contributed by atoms with Crippen molar-refractivity contribution in [1.82, 2.24) is 4.98 Å². The van der Waals surface area contributed by atoms with Gasteiger partial charge in [-0.25, -0.2) is 9.37 Å². The average Bonchev–Trinajstić information content (AvgIpc) is 3.00. The van der Waals surface area contributed by atoms with Gasteiger partial charge in [-0.15, -0.1) is 11.3 Å². The van der Waals surface area contributed by atoms with Gasteiger partial charge in [-0.1, -0.05) is 42.5 Å². The van der Waals surface area contributed by atoms with E-state index >= 15 is 0 Å². The number of benzene rings is 2. The van der Waals surface area contributed by atoms with Crippen LogP contribution in [0.25, 0.3) is 11.3 Å². The van der Waals surface area contributed by atoms with Crippen LogP contribution < -0.4 is 0 Å². The standard InChI is InChI=1S/C17H14FNOS/c1-11-7-8-13(9-14(11)18)15-10-21-17(19-15)16(20)12-5-3-2-4-6-12/h2-10,16,20H,1H3. The van der Waals surface area contributed by atoms with Crippen LogP contribution in [-0.2, 0) is 0 Å². The first-order chi connectivity index (χ1) is 10.1. The Labute approximate surface area is 126 Å². The monoisotopic (exact) mass is 299 g/mol. The van der Waals surface area contributed by atoms with Crippen molar-refractivity contribution >= 4 is 11.3 Å². The molecule has 2 nitrogen and oxygen atoms in total. The van der Waals surface area contributed by atoms with Gasteiger partial charge in [0.25, 0.3) is 0 Å². The lowest BCUT2D eigenvalue weighted by molar-refractivity contribution is 0.220. The molecule has 3 rings (SSSR count). The van der Waals surface area contributed by atoms with Gasteiger partial charge >= 0.3 is 0 Å². The minimum absolute atomic E-state index is 0.245. The smallest absolute Gasteiger partial charge is 0.131 e. The molecule has 0 aliphatic rings. The molecule has 0 saturated carbocycles. The minimum atomic E-state index is -0.750. The molecule has 0 aliphatic heterocycles. The van der Waals surface area contributed by atoms with Crippen LogP contribution in [0.3, 0.4) is 0 Å². The van der Waals surface area contributed by atoms with E-state index in [4.69, 9.17) is 0 Å². The van der Waals surface area contributed by atoms with Gasteiger partial charge in [0, 0.05) is 10.9 Å². The lowest BCUT2D eigenvalue weighted by Gasteiger charge is -2.07. The molecule has 1 aromatic heterocycles. The van der Waals surface area contributed by atoms with E-state index in [0.717, 1.165) is 11.1 Å². The van der Waals surface area contributed by atoms with Crippen molar-refractivity contribution in [3.8, 4) is 11.3 Å². The summed E-state index contributed by atoms with van der Waals surface area (Å²) in [5.74, 6) is -0.245. The molecule has 21 heavy (non-hydrogen) atoms. The summed E-state index contributed by atoms with van der Waals surface area (Å²) in [7, 11) is 0. The fourth-order valence-corrected chi connectivity index (χ4v) is 2.91. The Morgan fingerprint density at radius 1 is 1.14 bits per heavy atom. The second-order valence-electron chi connectivity index (χ2n) is 4.85. The van der Waals surface area contributed by atoms with Crippen molar-refractivity contribution in [2.24, 2.45) is 0 Å². The molecule has 0 aliphatic carbocycles. The molecular formula is C17H14FNOS. The summed E-state index contributed by atoms with van der Waals surface area (Å²) in [6.07, 6.45) is -0.750. The van der Waals surface area contributed by atoms with Crippen molar-refractivity contribution in [3.63, 3.8) is 0 Å². The molecule has 0 bridgehead atoms. The average molecular weight is 299 g/mol. The zero-order valence-corrected chi connectivity index (χ0v) is 12.3. The highest BCUT2D eigenvalue weighted by Gasteiger charge is 2.15. The number of thiazole rings is 1. The normalized spacial score (nSPS) is 12.3. The summed E-state index contributed by atoms with van der Waals surface area (Å²) >= 11 is 1.37. The first-order valence-electron chi connectivity index (χ1n) is 6.60.